The van der Waals surface area contributed by atoms with Crippen molar-refractivity contribution in [1.29, 1.82) is 0 Å². The molecule has 0 aliphatic heterocycles. The molecule has 0 N–H and O–H groups in total. The van der Waals surface area contributed by atoms with Crippen LogP contribution in [0.5, 0.6) is 0 Å². The van der Waals surface area contributed by atoms with E-state index >= 15 is 0 Å². The molecular weight excluding hydrogens is 749 g/mol. The van der Waals surface area contributed by atoms with Gasteiger partial charge in [-0.2, -0.15) is 0 Å². The summed E-state index contributed by atoms with van der Waals surface area (Å²) < 4.78 is 2.43. The molecule has 62 heavy (non-hydrogen) atoms. The van der Waals surface area contributed by atoms with Crippen LogP contribution in [0.15, 0.2) is 206 Å². The second kappa shape index (κ2) is 13.5. The van der Waals surface area contributed by atoms with Crippen molar-refractivity contribution in [3.63, 3.8) is 0 Å². The number of para-hydroxylation sites is 4. The quantitative estimate of drug-likeness (QED) is 0.163. The zero-order chi connectivity index (χ0) is 41.7. The van der Waals surface area contributed by atoms with E-state index in [1.807, 2.05) is 0 Å². The van der Waals surface area contributed by atoms with Crippen LogP contribution >= 0.6 is 0 Å². The molecule has 2 aliphatic carbocycles. The molecule has 0 amide bonds. The number of nitrogens with zero attached hydrogens (tertiary/aromatic N) is 2. The molecule has 0 fully saturated rings. The highest BCUT2D eigenvalue weighted by Crippen LogP contribution is 2.57. The van der Waals surface area contributed by atoms with Gasteiger partial charge in [-0.25, -0.2) is 0 Å². The van der Waals surface area contributed by atoms with E-state index in [0.717, 1.165) is 17.1 Å². The van der Waals surface area contributed by atoms with Crippen molar-refractivity contribution in [2.75, 3.05) is 4.90 Å². The maximum atomic E-state index is 2.53. The van der Waals surface area contributed by atoms with E-state index in [1.54, 1.807) is 0 Å². The van der Waals surface area contributed by atoms with Gasteiger partial charge in [0.05, 0.1) is 22.4 Å². The molecule has 10 aromatic rings. The number of benzene rings is 9. The van der Waals surface area contributed by atoms with Gasteiger partial charge in [0.1, 0.15) is 0 Å². The van der Waals surface area contributed by atoms with Gasteiger partial charge in [0.15, 0.2) is 0 Å². The molecule has 0 bridgehead atoms. The van der Waals surface area contributed by atoms with E-state index in [2.05, 4.69) is 243 Å². The third-order valence-corrected chi connectivity index (χ3v) is 14.0. The van der Waals surface area contributed by atoms with E-state index < -0.39 is 0 Å². The minimum absolute atomic E-state index is 0.100. The molecule has 1 heterocycles. The highest BCUT2D eigenvalue weighted by Gasteiger charge is 2.39. The van der Waals surface area contributed by atoms with Gasteiger partial charge in [-0.15, -0.1) is 0 Å². The fraction of sp³-hybridized carbons (Fsp3) is 0.100. The minimum Gasteiger partial charge on any atom is -0.309 e. The molecule has 0 atom stereocenters. The predicted octanol–water partition coefficient (Wildman–Crippen LogP) is 16.2. The van der Waals surface area contributed by atoms with Crippen LogP contribution in [0.25, 0.3) is 72.0 Å². The summed E-state index contributed by atoms with van der Waals surface area (Å²) in [5.74, 6) is 0. The summed E-state index contributed by atoms with van der Waals surface area (Å²) in [5, 5.41) is 2.51. The Bertz CT molecular complexity index is 3400. The lowest BCUT2D eigenvalue weighted by atomic mass is 9.82. The Morgan fingerprint density at radius 3 is 1.60 bits per heavy atom. The summed E-state index contributed by atoms with van der Waals surface area (Å²) in [7, 11) is 0. The van der Waals surface area contributed by atoms with Crippen molar-refractivity contribution in [3.05, 3.63) is 229 Å². The average Bonchev–Trinajstić information content (AvgIpc) is 3.87. The summed E-state index contributed by atoms with van der Waals surface area (Å²) in [6.07, 6.45) is 0. The van der Waals surface area contributed by atoms with Crippen molar-refractivity contribution in [3.8, 4) is 50.2 Å². The zero-order valence-corrected chi connectivity index (χ0v) is 35.5. The smallest absolute Gasteiger partial charge is 0.0619 e. The summed E-state index contributed by atoms with van der Waals surface area (Å²) in [4.78, 5) is 2.53. The fourth-order valence-corrected chi connectivity index (χ4v) is 11.1. The molecule has 2 heteroatoms. The van der Waals surface area contributed by atoms with Crippen molar-refractivity contribution in [2.24, 2.45) is 0 Å². The maximum Gasteiger partial charge on any atom is 0.0619 e. The lowest BCUT2D eigenvalue weighted by molar-refractivity contribution is 0.660. The normalized spacial score (nSPS) is 14.1. The number of rotatable bonds is 6. The topological polar surface area (TPSA) is 8.17 Å². The molecule has 0 spiro atoms. The van der Waals surface area contributed by atoms with Crippen LogP contribution < -0.4 is 4.90 Å². The average molecular weight is 795 g/mol. The van der Waals surface area contributed by atoms with E-state index in [4.69, 9.17) is 0 Å². The van der Waals surface area contributed by atoms with Crippen LogP contribution in [-0.4, -0.2) is 4.57 Å². The van der Waals surface area contributed by atoms with Crippen molar-refractivity contribution < 1.29 is 0 Å². The summed E-state index contributed by atoms with van der Waals surface area (Å²) >= 11 is 0. The SMILES string of the molecule is CC1(C)c2ccccc2-c2c(-c3ccccc3N(c3ccc(-c4cccc5c6ccccc6n(-c6ccccc6)c45)cc3)c3cccc4c3-c3ccccc3C4(C)C)cccc21. The van der Waals surface area contributed by atoms with Crippen LogP contribution in [0.3, 0.4) is 0 Å². The van der Waals surface area contributed by atoms with Crippen LogP contribution in [0.1, 0.15) is 49.9 Å². The molecule has 1 aromatic heterocycles. The first-order chi connectivity index (χ1) is 30.3. The van der Waals surface area contributed by atoms with E-state index in [9.17, 15) is 0 Å². The monoisotopic (exact) mass is 794 g/mol. The van der Waals surface area contributed by atoms with Crippen molar-refractivity contribution in [2.45, 2.75) is 38.5 Å². The molecule has 0 saturated heterocycles. The Kier molecular flexibility index (Phi) is 7.96. The number of hydrogen-bond donors (Lipinski definition) is 0. The van der Waals surface area contributed by atoms with Gasteiger partial charge in [-0.3, -0.25) is 0 Å². The lowest BCUT2D eigenvalue weighted by Crippen LogP contribution is -2.16. The van der Waals surface area contributed by atoms with Gasteiger partial charge in [0.2, 0.25) is 0 Å². The van der Waals surface area contributed by atoms with Gasteiger partial charge in [0, 0.05) is 49.7 Å². The van der Waals surface area contributed by atoms with Gasteiger partial charge >= 0.3 is 0 Å². The molecule has 296 valence electrons. The van der Waals surface area contributed by atoms with E-state index in [0.29, 0.717) is 0 Å². The van der Waals surface area contributed by atoms with E-state index in [-0.39, 0.29) is 10.8 Å². The van der Waals surface area contributed by atoms with Crippen molar-refractivity contribution >= 4 is 38.9 Å². The molecule has 2 nitrogen and oxygen atoms in total. The Morgan fingerprint density at radius 1 is 0.355 bits per heavy atom. The minimum atomic E-state index is -0.136. The molecule has 12 rings (SSSR count). The standard InChI is InChI=1S/C60H46N2/c1-59(2)49-28-12-8-23-47(49)56-45(26-17-30-51(56)59)43-21-10-14-32-53(43)61(55-34-18-31-52-57(55)48-24-9-13-29-50(48)60(52,3)4)41-37-35-39(36-38-41)42-25-16-27-46-44-22-11-15-33-54(44)62(58(42)46)40-19-6-5-7-20-40/h5-38H,1-4H3. The molecular formula is C60H46N2. The Balaban J connectivity index is 1.09. The number of fused-ring (bicyclic) bond motifs is 9. The third-order valence-electron chi connectivity index (χ3n) is 14.0. The molecule has 0 unspecified atom stereocenters. The fourth-order valence-electron chi connectivity index (χ4n) is 11.1. The predicted molar refractivity (Wildman–Crippen MR) is 261 cm³/mol. The van der Waals surface area contributed by atoms with Crippen LogP contribution in [0, 0.1) is 0 Å². The summed E-state index contributed by atoms with van der Waals surface area (Å²) in [6, 6.07) is 76.5. The number of aromatic nitrogens is 1. The van der Waals surface area contributed by atoms with Crippen molar-refractivity contribution in [1.82, 2.24) is 4.57 Å². The first kappa shape index (κ1) is 36.4. The van der Waals surface area contributed by atoms with Crippen LogP contribution in [0.2, 0.25) is 0 Å². The highest BCUT2D eigenvalue weighted by atomic mass is 15.1. The molecule has 0 radical (unpaired) electrons. The Labute approximate surface area is 364 Å². The van der Waals surface area contributed by atoms with Gasteiger partial charge in [-0.1, -0.05) is 191 Å². The molecule has 0 saturated carbocycles. The van der Waals surface area contributed by atoms with Crippen LogP contribution in [0.4, 0.5) is 17.1 Å². The van der Waals surface area contributed by atoms with Gasteiger partial charge < -0.3 is 9.47 Å². The maximum absolute atomic E-state index is 2.53. The summed E-state index contributed by atoms with van der Waals surface area (Å²) in [5.41, 5.74) is 22.4. The second-order valence-electron chi connectivity index (χ2n) is 18.1. The first-order valence-corrected chi connectivity index (χ1v) is 21.9. The molecule has 9 aromatic carbocycles. The highest BCUT2D eigenvalue weighted by molar-refractivity contribution is 6.14. The Morgan fingerprint density at radius 2 is 0.855 bits per heavy atom. The first-order valence-electron chi connectivity index (χ1n) is 21.9. The Hall–Kier alpha value is -7.42. The van der Waals surface area contributed by atoms with E-state index in [1.165, 1.54) is 94.3 Å². The zero-order valence-electron chi connectivity index (χ0n) is 35.5. The van der Waals surface area contributed by atoms with Crippen LogP contribution in [-0.2, 0) is 10.8 Å². The third kappa shape index (κ3) is 5.16. The second-order valence-corrected chi connectivity index (χ2v) is 18.1. The number of anilines is 3. The largest absolute Gasteiger partial charge is 0.309 e. The van der Waals surface area contributed by atoms with Gasteiger partial charge in [0.25, 0.3) is 0 Å². The van der Waals surface area contributed by atoms with Gasteiger partial charge in [-0.05, 0) is 92.5 Å². The number of hydrogen-bond acceptors (Lipinski definition) is 1. The lowest BCUT2D eigenvalue weighted by Gasteiger charge is -2.31. The molecule has 2 aliphatic rings. The summed E-state index contributed by atoms with van der Waals surface area (Å²) in [6.45, 7) is 9.48.